The van der Waals surface area contributed by atoms with Crippen molar-refractivity contribution in [3.63, 3.8) is 0 Å². The molecule has 0 unspecified atom stereocenters. The number of aliphatic hydroxyl groups excluding tert-OH is 1. The number of nitrogens with zero attached hydrogens (tertiary/aromatic N) is 1. The number of hydrogen-bond acceptors (Lipinski definition) is 4. The minimum atomic E-state index is -0.582. The zero-order valence-electron chi connectivity index (χ0n) is 11.0. The standard InChI is InChI=1S/C14H21FN2O2/c15-12-4-1-3-11(14(12)19)13(5-2-10-18)17-8-6-16-7-9-17/h1,3-4,13,16,18-19H,2,5-10H2/t13-/m0/s1. The van der Waals surface area contributed by atoms with Gasteiger partial charge in [-0.15, -0.1) is 0 Å². The molecule has 0 saturated carbocycles. The summed E-state index contributed by atoms with van der Waals surface area (Å²) in [7, 11) is 0. The molecule has 1 aromatic carbocycles. The number of aliphatic hydroxyl groups is 1. The Hall–Kier alpha value is -1.17. The SMILES string of the molecule is OCCC[C@@H](c1cccc(F)c1O)N1CCNCC1. The molecule has 3 N–H and O–H groups in total. The Labute approximate surface area is 112 Å². The highest BCUT2D eigenvalue weighted by Gasteiger charge is 2.25. The molecule has 0 radical (unpaired) electrons. The summed E-state index contributed by atoms with van der Waals surface area (Å²) in [6.07, 6.45) is 1.36. The smallest absolute Gasteiger partial charge is 0.165 e. The van der Waals surface area contributed by atoms with Crippen molar-refractivity contribution in [2.45, 2.75) is 18.9 Å². The van der Waals surface area contributed by atoms with Gasteiger partial charge >= 0.3 is 0 Å². The number of phenolic OH excluding ortho intramolecular Hbond substituents is 1. The molecule has 1 saturated heterocycles. The maximum Gasteiger partial charge on any atom is 0.165 e. The lowest BCUT2D eigenvalue weighted by Crippen LogP contribution is -2.45. The molecule has 2 rings (SSSR count). The van der Waals surface area contributed by atoms with E-state index in [1.807, 2.05) is 0 Å². The largest absolute Gasteiger partial charge is 0.505 e. The van der Waals surface area contributed by atoms with Crippen LogP contribution in [-0.2, 0) is 0 Å². The van der Waals surface area contributed by atoms with Crippen LogP contribution in [0.5, 0.6) is 5.75 Å². The van der Waals surface area contributed by atoms with Crippen molar-refractivity contribution >= 4 is 0 Å². The van der Waals surface area contributed by atoms with Crippen LogP contribution in [0, 0.1) is 5.82 Å². The molecule has 1 atom stereocenters. The van der Waals surface area contributed by atoms with Gasteiger partial charge in [-0.05, 0) is 18.9 Å². The van der Waals surface area contributed by atoms with Crippen molar-refractivity contribution in [2.75, 3.05) is 32.8 Å². The number of piperazine rings is 1. The average molecular weight is 268 g/mol. The second-order valence-corrected chi connectivity index (χ2v) is 4.85. The minimum Gasteiger partial charge on any atom is -0.505 e. The first-order valence-corrected chi connectivity index (χ1v) is 6.77. The topological polar surface area (TPSA) is 55.7 Å². The molecule has 1 fully saturated rings. The van der Waals surface area contributed by atoms with Crippen molar-refractivity contribution < 1.29 is 14.6 Å². The Morgan fingerprint density at radius 1 is 1.32 bits per heavy atom. The molecule has 19 heavy (non-hydrogen) atoms. The van der Waals surface area contributed by atoms with Crippen LogP contribution in [0.15, 0.2) is 18.2 Å². The highest BCUT2D eigenvalue weighted by Crippen LogP contribution is 2.33. The Bertz CT molecular complexity index is 408. The van der Waals surface area contributed by atoms with Gasteiger partial charge in [0.15, 0.2) is 11.6 Å². The van der Waals surface area contributed by atoms with Crippen molar-refractivity contribution in [3.05, 3.63) is 29.6 Å². The molecule has 0 aromatic heterocycles. The molecule has 1 heterocycles. The molecule has 0 spiro atoms. The molecular formula is C14H21FN2O2. The first-order valence-electron chi connectivity index (χ1n) is 6.77. The van der Waals surface area contributed by atoms with E-state index < -0.39 is 5.82 Å². The normalized spacial score (nSPS) is 18.4. The highest BCUT2D eigenvalue weighted by molar-refractivity contribution is 5.36. The molecule has 106 valence electrons. The van der Waals surface area contributed by atoms with Crippen molar-refractivity contribution in [3.8, 4) is 5.75 Å². The van der Waals surface area contributed by atoms with E-state index in [0.717, 1.165) is 26.2 Å². The summed E-state index contributed by atoms with van der Waals surface area (Å²) >= 11 is 0. The van der Waals surface area contributed by atoms with E-state index >= 15 is 0 Å². The number of para-hydroxylation sites is 1. The Balaban J connectivity index is 2.22. The maximum atomic E-state index is 13.5. The summed E-state index contributed by atoms with van der Waals surface area (Å²) in [6.45, 7) is 3.63. The molecule has 1 aromatic rings. The predicted octanol–water partition coefficient (Wildman–Crippen LogP) is 1.25. The number of aromatic hydroxyl groups is 1. The fourth-order valence-corrected chi connectivity index (χ4v) is 2.61. The van der Waals surface area contributed by atoms with E-state index in [1.54, 1.807) is 12.1 Å². The maximum absolute atomic E-state index is 13.5. The van der Waals surface area contributed by atoms with E-state index in [4.69, 9.17) is 5.11 Å². The molecular weight excluding hydrogens is 247 g/mol. The van der Waals surface area contributed by atoms with Crippen molar-refractivity contribution in [1.29, 1.82) is 0 Å². The third kappa shape index (κ3) is 3.43. The Morgan fingerprint density at radius 3 is 2.74 bits per heavy atom. The van der Waals surface area contributed by atoms with Gasteiger partial charge in [0.05, 0.1) is 0 Å². The minimum absolute atomic E-state index is 0.0371. The van der Waals surface area contributed by atoms with Crippen LogP contribution in [0.2, 0.25) is 0 Å². The van der Waals surface area contributed by atoms with Crippen LogP contribution in [0.3, 0.4) is 0 Å². The van der Waals surface area contributed by atoms with Gasteiger partial charge in [0.2, 0.25) is 0 Å². The molecule has 1 aliphatic heterocycles. The van der Waals surface area contributed by atoms with Crippen LogP contribution in [0.25, 0.3) is 0 Å². The molecule has 4 nitrogen and oxygen atoms in total. The fourth-order valence-electron chi connectivity index (χ4n) is 2.61. The number of rotatable bonds is 5. The van der Waals surface area contributed by atoms with Gasteiger partial charge in [0.1, 0.15) is 0 Å². The number of hydrogen-bond donors (Lipinski definition) is 3. The Morgan fingerprint density at radius 2 is 2.05 bits per heavy atom. The second-order valence-electron chi connectivity index (χ2n) is 4.85. The van der Waals surface area contributed by atoms with E-state index in [-0.39, 0.29) is 18.4 Å². The van der Waals surface area contributed by atoms with E-state index in [2.05, 4.69) is 10.2 Å². The molecule has 5 heteroatoms. The van der Waals surface area contributed by atoms with Crippen molar-refractivity contribution in [1.82, 2.24) is 10.2 Å². The number of benzene rings is 1. The third-order valence-corrected chi connectivity index (χ3v) is 3.61. The molecule has 0 aliphatic carbocycles. The Kier molecular flexibility index (Phi) is 5.13. The van der Waals surface area contributed by atoms with Gasteiger partial charge in [0, 0.05) is 44.4 Å². The number of phenols is 1. The highest BCUT2D eigenvalue weighted by atomic mass is 19.1. The number of halogens is 1. The zero-order chi connectivity index (χ0) is 13.7. The van der Waals surface area contributed by atoms with Gasteiger partial charge in [-0.25, -0.2) is 4.39 Å². The molecule has 0 amide bonds. The summed E-state index contributed by atoms with van der Waals surface area (Å²) in [5.74, 6) is -0.842. The zero-order valence-corrected chi connectivity index (χ0v) is 11.0. The quantitative estimate of drug-likeness (QED) is 0.752. The first kappa shape index (κ1) is 14.2. The number of nitrogens with one attached hydrogen (secondary N) is 1. The van der Waals surface area contributed by atoms with Crippen LogP contribution in [0.4, 0.5) is 4.39 Å². The molecule has 1 aliphatic rings. The summed E-state index contributed by atoms with van der Waals surface area (Å²) < 4.78 is 13.5. The van der Waals surface area contributed by atoms with E-state index in [0.29, 0.717) is 18.4 Å². The summed E-state index contributed by atoms with van der Waals surface area (Å²) in [5.41, 5.74) is 0.621. The van der Waals surface area contributed by atoms with Crippen LogP contribution in [0.1, 0.15) is 24.4 Å². The lowest BCUT2D eigenvalue weighted by atomic mass is 9.98. The van der Waals surface area contributed by atoms with Gasteiger partial charge in [0.25, 0.3) is 0 Å². The van der Waals surface area contributed by atoms with E-state index in [9.17, 15) is 9.50 Å². The van der Waals surface area contributed by atoms with Crippen LogP contribution in [-0.4, -0.2) is 47.9 Å². The van der Waals surface area contributed by atoms with Gasteiger partial charge < -0.3 is 15.5 Å². The second kappa shape index (κ2) is 6.84. The first-order chi connectivity index (χ1) is 9.24. The van der Waals surface area contributed by atoms with Gasteiger partial charge in [-0.1, -0.05) is 12.1 Å². The fraction of sp³-hybridized carbons (Fsp3) is 0.571. The van der Waals surface area contributed by atoms with Crippen molar-refractivity contribution in [2.24, 2.45) is 0 Å². The van der Waals surface area contributed by atoms with Crippen LogP contribution < -0.4 is 5.32 Å². The summed E-state index contributed by atoms with van der Waals surface area (Å²) in [4.78, 5) is 2.24. The lowest BCUT2D eigenvalue weighted by Gasteiger charge is -2.35. The monoisotopic (exact) mass is 268 g/mol. The predicted molar refractivity (Wildman–Crippen MR) is 71.6 cm³/mol. The third-order valence-electron chi connectivity index (χ3n) is 3.61. The van der Waals surface area contributed by atoms with Gasteiger partial charge in [-0.2, -0.15) is 0 Å². The molecule has 0 bridgehead atoms. The average Bonchev–Trinajstić information content (AvgIpc) is 2.45. The van der Waals surface area contributed by atoms with Gasteiger partial charge in [-0.3, -0.25) is 4.90 Å². The van der Waals surface area contributed by atoms with E-state index in [1.165, 1.54) is 6.07 Å². The summed E-state index contributed by atoms with van der Waals surface area (Å²) in [5, 5.41) is 22.2. The summed E-state index contributed by atoms with van der Waals surface area (Å²) in [6, 6.07) is 4.62. The van der Waals surface area contributed by atoms with Crippen LogP contribution >= 0.6 is 0 Å². The lowest BCUT2D eigenvalue weighted by molar-refractivity contribution is 0.152.